The predicted molar refractivity (Wildman–Crippen MR) is 94.7 cm³/mol. The van der Waals surface area contributed by atoms with Crippen molar-refractivity contribution in [1.82, 2.24) is 14.5 Å². The summed E-state index contributed by atoms with van der Waals surface area (Å²) in [5.41, 5.74) is -0.255. The molecule has 2 aliphatic rings. The van der Waals surface area contributed by atoms with E-state index in [9.17, 15) is 13.2 Å². The smallest absolute Gasteiger partial charge is 0.252 e. The first-order chi connectivity index (χ1) is 11.4. The molecule has 1 aromatic rings. The van der Waals surface area contributed by atoms with E-state index in [-0.39, 0.29) is 11.4 Å². The van der Waals surface area contributed by atoms with Gasteiger partial charge in [0.15, 0.2) is 0 Å². The minimum atomic E-state index is -3.46. The molecule has 0 saturated carbocycles. The van der Waals surface area contributed by atoms with E-state index in [1.165, 1.54) is 11.3 Å². The number of nitrogens with zero attached hydrogens (tertiary/aromatic N) is 2. The van der Waals surface area contributed by atoms with E-state index in [4.69, 9.17) is 0 Å². The molecule has 3 rings (SSSR count). The average molecular weight is 372 g/mol. The van der Waals surface area contributed by atoms with Gasteiger partial charge in [-0.15, -0.1) is 11.3 Å². The lowest BCUT2D eigenvalue weighted by Crippen LogP contribution is -2.62. The summed E-state index contributed by atoms with van der Waals surface area (Å²) in [5.74, 6) is 0.0612. The first-order valence-electron chi connectivity index (χ1n) is 8.44. The second-order valence-electron chi connectivity index (χ2n) is 6.66. The molecule has 6 nitrogen and oxygen atoms in total. The summed E-state index contributed by atoms with van der Waals surface area (Å²) in [6, 6.07) is 3.62. The number of rotatable bonds is 3. The van der Waals surface area contributed by atoms with Crippen molar-refractivity contribution in [1.29, 1.82) is 0 Å². The molecule has 1 spiro atoms. The number of nitrogens with one attached hydrogen (secondary N) is 1. The summed E-state index contributed by atoms with van der Waals surface area (Å²) >= 11 is 1.36. The van der Waals surface area contributed by atoms with Gasteiger partial charge in [0.2, 0.25) is 5.91 Å². The summed E-state index contributed by atoms with van der Waals surface area (Å²) in [4.78, 5) is 15.0. The number of hydrogen-bond donors (Lipinski definition) is 1. The third-order valence-corrected chi connectivity index (χ3v) is 8.82. The Morgan fingerprint density at radius 3 is 2.79 bits per heavy atom. The molecule has 1 N–H and O–H groups in total. The maximum atomic E-state index is 13.0. The zero-order chi connectivity index (χ0) is 17.4. The van der Waals surface area contributed by atoms with E-state index in [2.05, 4.69) is 10.2 Å². The molecule has 0 aliphatic carbocycles. The fraction of sp³-hybridized carbons (Fsp3) is 0.688. The molecule has 3 heterocycles. The number of piperazine rings is 1. The first kappa shape index (κ1) is 17.8. The Hall–Kier alpha value is -0.960. The Labute approximate surface area is 147 Å². The van der Waals surface area contributed by atoms with Crippen molar-refractivity contribution < 1.29 is 13.2 Å². The van der Waals surface area contributed by atoms with Gasteiger partial charge in [-0.2, -0.15) is 4.31 Å². The van der Waals surface area contributed by atoms with E-state index in [1.54, 1.807) is 10.4 Å². The van der Waals surface area contributed by atoms with Crippen LogP contribution in [-0.4, -0.2) is 62.3 Å². The van der Waals surface area contributed by atoms with Crippen LogP contribution in [0.1, 0.15) is 31.1 Å². The van der Waals surface area contributed by atoms with Gasteiger partial charge < -0.3 is 5.32 Å². The quantitative estimate of drug-likeness (QED) is 0.869. The van der Waals surface area contributed by atoms with Gasteiger partial charge in [0.05, 0.1) is 0 Å². The molecule has 8 heteroatoms. The molecule has 1 aromatic heterocycles. The van der Waals surface area contributed by atoms with Crippen molar-refractivity contribution in [3.8, 4) is 0 Å². The Morgan fingerprint density at radius 1 is 1.29 bits per heavy atom. The van der Waals surface area contributed by atoms with Gasteiger partial charge in [0.25, 0.3) is 10.0 Å². The van der Waals surface area contributed by atoms with E-state index in [0.29, 0.717) is 43.2 Å². The van der Waals surface area contributed by atoms with Crippen molar-refractivity contribution in [3.63, 3.8) is 0 Å². The van der Waals surface area contributed by atoms with E-state index >= 15 is 0 Å². The first-order valence-corrected chi connectivity index (χ1v) is 10.7. The Bertz CT molecular complexity index is 716. The number of sulfonamides is 1. The van der Waals surface area contributed by atoms with Gasteiger partial charge >= 0.3 is 0 Å². The van der Waals surface area contributed by atoms with Crippen LogP contribution in [0.3, 0.4) is 0 Å². The molecule has 1 unspecified atom stereocenters. The molecule has 1 amide bonds. The van der Waals surface area contributed by atoms with Crippen molar-refractivity contribution in [2.24, 2.45) is 0 Å². The largest absolute Gasteiger partial charge is 0.356 e. The lowest BCUT2D eigenvalue weighted by molar-refractivity contribution is -0.121. The van der Waals surface area contributed by atoms with Crippen LogP contribution < -0.4 is 5.32 Å². The normalized spacial score (nSPS) is 27.2. The van der Waals surface area contributed by atoms with Crippen molar-refractivity contribution in [2.45, 2.75) is 42.4 Å². The van der Waals surface area contributed by atoms with Crippen LogP contribution in [0.25, 0.3) is 0 Å². The summed E-state index contributed by atoms with van der Waals surface area (Å²) in [6.07, 6.45) is 2.79. The number of amides is 1. The third kappa shape index (κ3) is 3.24. The average Bonchev–Trinajstić information content (AvgIpc) is 2.97. The maximum absolute atomic E-state index is 13.0. The second-order valence-corrected chi connectivity index (χ2v) is 9.99. The van der Waals surface area contributed by atoms with Crippen LogP contribution in [0, 0.1) is 0 Å². The van der Waals surface area contributed by atoms with Crippen LogP contribution in [0.5, 0.6) is 0 Å². The summed E-state index contributed by atoms with van der Waals surface area (Å²) in [5, 5.41) is 2.90. The van der Waals surface area contributed by atoms with Crippen LogP contribution >= 0.6 is 11.3 Å². The molecule has 0 bridgehead atoms. The number of hydrogen-bond acceptors (Lipinski definition) is 5. The molecular weight excluding hydrogens is 346 g/mol. The summed E-state index contributed by atoms with van der Waals surface area (Å²) in [6.45, 7) is 4.29. The van der Waals surface area contributed by atoms with E-state index in [1.807, 2.05) is 20.0 Å². The lowest BCUT2D eigenvalue weighted by Gasteiger charge is -2.48. The zero-order valence-corrected chi connectivity index (χ0v) is 15.9. The van der Waals surface area contributed by atoms with Crippen LogP contribution in [0.15, 0.2) is 16.3 Å². The highest BCUT2D eigenvalue weighted by Gasteiger charge is 2.44. The molecular formula is C16H25N3O3S2. The molecule has 0 aromatic carbocycles. The van der Waals surface area contributed by atoms with Crippen LogP contribution in [0.2, 0.25) is 0 Å². The van der Waals surface area contributed by atoms with Gasteiger partial charge in [0.1, 0.15) is 4.21 Å². The van der Waals surface area contributed by atoms with E-state index in [0.717, 1.165) is 17.7 Å². The van der Waals surface area contributed by atoms with E-state index < -0.39 is 10.0 Å². The zero-order valence-electron chi connectivity index (χ0n) is 14.2. The highest BCUT2D eigenvalue weighted by Crippen LogP contribution is 2.34. The van der Waals surface area contributed by atoms with Crippen molar-refractivity contribution in [3.05, 3.63) is 17.0 Å². The second kappa shape index (κ2) is 6.74. The minimum Gasteiger partial charge on any atom is -0.356 e. The highest BCUT2D eigenvalue weighted by atomic mass is 32.2. The Morgan fingerprint density at radius 2 is 2.08 bits per heavy atom. The summed E-state index contributed by atoms with van der Waals surface area (Å²) < 4.78 is 28.1. The number of thiophene rings is 1. The van der Waals surface area contributed by atoms with Gasteiger partial charge in [-0.05, 0) is 38.4 Å². The number of carbonyl (C=O) groups excluding carboxylic acids is 1. The van der Waals surface area contributed by atoms with Crippen molar-refractivity contribution >= 4 is 27.3 Å². The summed E-state index contributed by atoms with van der Waals surface area (Å²) in [7, 11) is -1.41. The fourth-order valence-corrected chi connectivity index (χ4v) is 6.54. The maximum Gasteiger partial charge on any atom is 0.252 e. The fourth-order valence-electron chi connectivity index (χ4n) is 3.58. The van der Waals surface area contributed by atoms with Gasteiger partial charge in [-0.3, -0.25) is 9.69 Å². The molecule has 2 saturated heterocycles. The molecule has 2 fully saturated rings. The third-order valence-electron chi connectivity index (χ3n) is 5.27. The Kier molecular flexibility index (Phi) is 5.01. The van der Waals surface area contributed by atoms with Gasteiger partial charge in [0, 0.05) is 43.0 Å². The SMILES string of the molecule is CCc1ccc(S(=O)(=O)N2CCN(C)C3(CCNC(=O)CC3)C2)s1. The number of carbonyl (C=O) groups is 1. The number of aryl methyl sites for hydroxylation is 1. The van der Waals surface area contributed by atoms with Crippen LogP contribution in [-0.2, 0) is 21.2 Å². The van der Waals surface area contributed by atoms with Crippen molar-refractivity contribution in [2.75, 3.05) is 33.2 Å². The van der Waals surface area contributed by atoms with Crippen LogP contribution in [0.4, 0.5) is 0 Å². The minimum absolute atomic E-state index is 0.0612. The Balaban J connectivity index is 1.85. The highest BCUT2D eigenvalue weighted by molar-refractivity contribution is 7.91. The molecule has 1 atom stereocenters. The topological polar surface area (TPSA) is 69.7 Å². The standard InChI is InChI=1S/C16H25N3O3S2/c1-3-13-4-5-15(23-13)24(21,22)19-11-10-18(2)16(12-19)7-6-14(20)17-9-8-16/h4-5H,3,6-12H2,1-2H3,(H,17,20). The number of likely N-dealkylation sites (N-methyl/N-ethyl adjacent to an activating group) is 1. The molecule has 0 radical (unpaired) electrons. The molecule has 24 heavy (non-hydrogen) atoms. The lowest BCUT2D eigenvalue weighted by atomic mass is 9.87. The molecule has 2 aliphatic heterocycles. The predicted octanol–water partition coefficient (Wildman–Crippen LogP) is 1.29. The van der Waals surface area contributed by atoms with Gasteiger partial charge in [-0.1, -0.05) is 6.92 Å². The monoisotopic (exact) mass is 371 g/mol. The molecule has 134 valence electrons. The van der Waals surface area contributed by atoms with Gasteiger partial charge in [-0.25, -0.2) is 8.42 Å².